The molecule has 1 unspecified atom stereocenters. The number of aliphatic hydroxyl groups is 1. The van der Waals surface area contributed by atoms with Crippen molar-refractivity contribution in [2.45, 2.75) is 18.9 Å². The summed E-state index contributed by atoms with van der Waals surface area (Å²) in [4.78, 5) is 10.8. The number of nitrogens with zero attached hydrogens (tertiary/aromatic N) is 2. The number of carbonyl (C=O) groups excluding carboxylic acids is 1. The lowest BCUT2D eigenvalue weighted by molar-refractivity contribution is -0.150. The molecule has 0 aliphatic rings. The van der Waals surface area contributed by atoms with Gasteiger partial charge >= 0.3 is 5.97 Å². The molecule has 78 valence electrons. The van der Waals surface area contributed by atoms with Gasteiger partial charge < -0.3 is 9.84 Å². The van der Waals surface area contributed by atoms with E-state index < -0.39 is 12.1 Å². The minimum atomic E-state index is -1.04. The highest BCUT2D eigenvalue weighted by Gasteiger charge is 2.14. The van der Waals surface area contributed by atoms with Crippen LogP contribution in [0.25, 0.3) is 0 Å². The second-order valence-electron chi connectivity index (χ2n) is 3.10. The van der Waals surface area contributed by atoms with Crippen LogP contribution in [0, 0.1) is 0 Å². The number of methoxy groups -OCH3 is 1. The van der Waals surface area contributed by atoms with E-state index in [1.807, 2.05) is 13.2 Å². The number of rotatable bonds is 4. The van der Waals surface area contributed by atoms with E-state index in [9.17, 15) is 9.90 Å². The first kappa shape index (κ1) is 10.7. The number of aryl methyl sites for hydroxylation is 2. The molecule has 0 saturated heterocycles. The second-order valence-corrected chi connectivity index (χ2v) is 3.10. The zero-order chi connectivity index (χ0) is 10.6. The lowest BCUT2D eigenvalue weighted by Gasteiger charge is -2.06. The van der Waals surface area contributed by atoms with Gasteiger partial charge in [0.25, 0.3) is 0 Å². The largest absolute Gasteiger partial charge is 0.467 e. The maximum atomic E-state index is 10.8. The fourth-order valence-electron chi connectivity index (χ4n) is 1.16. The third-order valence-corrected chi connectivity index (χ3v) is 1.94. The van der Waals surface area contributed by atoms with E-state index in [-0.39, 0.29) is 0 Å². The van der Waals surface area contributed by atoms with Crippen molar-refractivity contribution in [2.75, 3.05) is 7.11 Å². The number of aliphatic hydroxyl groups excluding tert-OH is 1. The number of ether oxygens (including phenoxy) is 1. The van der Waals surface area contributed by atoms with Gasteiger partial charge in [-0.25, -0.2) is 4.79 Å². The molecule has 1 heterocycles. The van der Waals surface area contributed by atoms with Crippen molar-refractivity contribution < 1.29 is 14.6 Å². The van der Waals surface area contributed by atoms with Crippen LogP contribution in [0.5, 0.6) is 0 Å². The highest BCUT2D eigenvalue weighted by atomic mass is 16.5. The molecule has 14 heavy (non-hydrogen) atoms. The molecule has 1 N–H and O–H groups in total. The summed E-state index contributed by atoms with van der Waals surface area (Å²) in [6.45, 7) is 0. The summed E-state index contributed by atoms with van der Waals surface area (Å²) in [6.07, 6.45) is 3.50. The van der Waals surface area contributed by atoms with Crippen molar-refractivity contribution in [3.05, 3.63) is 18.0 Å². The molecule has 1 aromatic heterocycles. The van der Waals surface area contributed by atoms with Crippen LogP contribution in [-0.2, 0) is 23.0 Å². The van der Waals surface area contributed by atoms with E-state index in [0.29, 0.717) is 12.8 Å². The lowest BCUT2D eigenvalue weighted by Crippen LogP contribution is -2.22. The third-order valence-electron chi connectivity index (χ3n) is 1.94. The average molecular weight is 198 g/mol. The fourth-order valence-corrected chi connectivity index (χ4v) is 1.16. The van der Waals surface area contributed by atoms with Gasteiger partial charge in [0.05, 0.1) is 13.3 Å². The van der Waals surface area contributed by atoms with Crippen molar-refractivity contribution >= 4 is 5.97 Å². The first-order valence-corrected chi connectivity index (χ1v) is 4.37. The summed E-state index contributed by atoms with van der Waals surface area (Å²) in [7, 11) is 3.08. The van der Waals surface area contributed by atoms with E-state index in [2.05, 4.69) is 9.84 Å². The Bertz CT molecular complexity index is 309. The van der Waals surface area contributed by atoms with Crippen LogP contribution in [-0.4, -0.2) is 34.1 Å². The predicted molar refractivity (Wildman–Crippen MR) is 49.6 cm³/mol. The molecule has 1 aromatic rings. The molecule has 0 bridgehead atoms. The number of hydrogen-bond acceptors (Lipinski definition) is 4. The van der Waals surface area contributed by atoms with Gasteiger partial charge in [0, 0.05) is 13.2 Å². The number of aromatic nitrogens is 2. The number of esters is 1. The maximum absolute atomic E-state index is 10.8. The minimum Gasteiger partial charge on any atom is -0.467 e. The minimum absolute atomic E-state index is 0.359. The van der Waals surface area contributed by atoms with Crippen LogP contribution in [0.1, 0.15) is 12.0 Å². The summed E-state index contributed by atoms with van der Waals surface area (Å²) < 4.78 is 6.08. The quantitative estimate of drug-likeness (QED) is 0.685. The van der Waals surface area contributed by atoms with E-state index in [4.69, 9.17) is 0 Å². The van der Waals surface area contributed by atoms with Crippen molar-refractivity contribution in [2.24, 2.45) is 7.05 Å². The van der Waals surface area contributed by atoms with Crippen LogP contribution < -0.4 is 0 Å². The molecule has 0 spiro atoms. The number of hydrogen-bond donors (Lipinski definition) is 1. The van der Waals surface area contributed by atoms with Crippen LogP contribution in [0.3, 0.4) is 0 Å². The zero-order valence-electron chi connectivity index (χ0n) is 8.30. The SMILES string of the molecule is COC(=O)C(O)CCc1cnn(C)c1. The van der Waals surface area contributed by atoms with E-state index in [1.165, 1.54) is 7.11 Å². The van der Waals surface area contributed by atoms with Gasteiger partial charge in [-0.3, -0.25) is 4.68 Å². The molecule has 1 atom stereocenters. The van der Waals surface area contributed by atoms with Crippen LogP contribution >= 0.6 is 0 Å². The van der Waals surface area contributed by atoms with Crippen molar-refractivity contribution in [1.29, 1.82) is 0 Å². The Morgan fingerprint density at radius 3 is 3.00 bits per heavy atom. The highest BCUT2D eigenvalue weighted by molar-refractivity contribution is 5.74. The van der Waals surface area contributed by atoms with E-state index in [1.54, 1.807) is 10.9 Å². The zero-order valence-corrected chi connectivity index (χ0v) is 8.30. The Hall–Kier alpha value is -1.36. The fraction of sp³-hybridized carbons (Fsp3) is 0.556. The van der Waals surface area contributed by atoms with Crippen molar-refractivity contribution in [3.8, 4) is 0 Å². The van der Waals surface area contributed by atoms with Gasteiger partial charge in [0.2, 0.25) is 0 Å². The summed E-state index contributed by atoms with van der Waals surface area (Å²) >= 11 is 0. The lowest BCUT2D eigenvalue weighted by atomic mass is 10.1. The molecule has 0 aliphatic heterocycles. The Morgan fingerprint density at radius 1 is 1.79 bits per heavy atom. The molecule has 0 aromatic carbocycles. The molecule has 0 radical (unpaired) electrons. The predicted octanol–water partition coefficient (Wildman–Crippen LogP) is -0.113. The third kappa shape index (κ3) is 2.85. The Kier molecular flexibility index (Phi) is 3.64. The summed E-state index contributed by atoms with van der Waals surface area (Å²) in [6, 6.07) is 0. The molecule has 1 rings (SSSR count). The van der Waals surface area contributed by atoms with Gasteiger partial charge in [-0.1, -0.05) is 0 Å². The summed E-state index contributed by atoms with van der Waals surface area (Å²) in [5.41, 5.74) is 0.996. The Labute approximate surface area is 82.3 Å². The molecule has 5 heteroatoms. The monoisotopic (exact) mass is 198 g/mol. The molecule has 0 saturated carbocycles. The van der Waals surface area contributed by atoms with Crippen LogP contribution in [0.4, 0.5) is 0 Å². The standard InChI is InChI=1S/C9H14N2O3/c1-11-6-7(5-10-11)3-4-8(12)9(13)14-2/h5-6,8,12H,3-4H2,1-2H3. The van der Waals surface area contributed by atoms with Gasteiger partial charge in [0.1, 0.15) is 0 Å². The van der Waals surface area contributed by atoms with Gasteiger partial charge in [-0.2, -0.15) is 5.10 Å². The molecular formula is C9H14N2O3. The van der Waals surface area contributed by atoms with Crippen LogP contribution in [0.15, 0.2) is 12.4 Å². The van der Waals surface area contributed by atoms with Crippen molar-refractivity contribution in [3.63, 3.8) is 0 Å². The van der Waals surface area contributed by atoms with Crippen molar-refractivity contribution in [1.82, 2.24) is 9.78 Å². The highest BCUT2D eigenvalue weighted by Crippen LogP contribution is 2.04. The summed E-state index contributed by atoms with van der Waals surface area (Å²) in [5.74, 6) is -0.589. The first-order valence-electron chi connectivity index (χ1n) is 4.37. The Balaban J connectivity index is 2.37. The smallest absolute Gasteiger partial charge is 0.334 e. The molecular weight excluding hydrogens is 184 g/mol. The first-order chi connectivity index (χ1) is 6.63. The topological polar surface area (TPSA) is 64.3 Å². The maximum Gasteiger partial charge on any atom is 0.334 e. The number of carbonyl (C=O) groups is 1. The van der Waals surface area contributed by atoms with E-state index >= 15 is 0 Å². The second kappa shape index (κ2) is 4.76. The molecule has 0 fully saturated rings. The van der Waals surface area contributed by atoms with Gasteiger partial charge in [-0.05, 0) is 18.4 Å². The van der Waals surface area contributed by atoms with Gasteiger partial charge in [-0.15, -0.1) is 0 Å². The van der Waals surface area contributed by atoms with Gasteiger partial charge in [0.15, 0.2) is 6.10 Å². The van der Waals surface area contributed by atoms with E-state index in [0.717, 1.165) is 5.56 Å². The molecule has 0 amide bonds. The van der Waals surface area contributed by atoms with Crippen LogP contribution in [0.2, 0.25) is 0 Å². The molecule has 0 aliphatic carbocycles. The average Bonchev–Trinajstić information content (AvgIpc) is 2.59. The normalized spacial score (nSPS) is 12.5. The summed E-state index contributed by atoms with van der Waals surface area (Å²) in [5, 5.41) is 13.3. The Morgan fingerprint density at radius 2 is 2.50 bits per heavy atom. The molecule has 5 nitrogen and oxygen atoms in total.